The predicted molar refractivity (Wildman–Crippen MR) is 70.8 cm³/mol. The van der Waals surface area contributed by atoms with Gasteiger partial charge in [-0.05, 0) is 30.3 Å². The van der Waals surface area contributed by atoms with E-state index in [-0.39, 0.29) is 6.04 Å². The molecule has 1 N–H and O–H groups in total. The van der Waals surface area contributed by atoms with Gasteiger partial charge < -0.3 is 10.1 Å². The molecule has 3 heteroatoms. The molecule has 1 atom stereocenters. The number of aromatic nitrogens is 1. The topological polar surface area (TPSA) is 34.2 Å². The van der Waals surface area contributed by atoms with Crippen LogP contribution in [-0.4, -0.2) is 18.6 Å². The highest BCUT2D eigenvalue weighted by atomic mass is 16.5. The zero-order valence-electron chi connectivity index (χ0n) is 10.4. The maximum Gasteiger partial charge on any atom is 0.127 e. The highest BCUT2D eigenvalue weighted by molar-refractivity contribution is 5.48. The van der Waals surface area contributed by atoms with Crippen molar-refractivity contribution in [3.05, 3.63) is 59.4 Å². The minimum absolute atomic E-state index is 0.154. The molecule has 0 radical (unpaired) electrons. The molecule has 3 nitrogen and oxygen atoms in total. The van der Waals surface area contributed by atoms with Gasteiger partial charge in [-0.3, -0.25) is 4.98 Å². The summed E-state index contributed by atoms with van der Waals surface area (Å²) in [4.78, 5) is 4.07. The van der Waals surface area contributed by atoms with Gasteiger partial charge in [0, 0.05) is 24.4 Å². The first kappa shape index (κ1) is 11.2. The van der Waals surface area contributed by atoms with E-state index in [1.807, 2.05) is 31.6 Å². The Labute approximate surface area is 107 Å². The monoisotopic (exact) mass is 240 g/mol. The SMILES string of the molecule is CNC(c1ccncc1)c1cccc2c1OCC2. The number of nitrogens with one attached hydrogen (secondary N) is 1. The predicted octanol–water partition coefficient (Wildman–Crippen LogP) is 2.33. The van der Waals surface area contributed by atoms with Crippen molar-refractivity contribution >= 4 is 0 Å². The molecule has 0 aliphatic carbocycles. The van der Waals surface area contributed by atoms with Gasteiger partial charge in [-0.25, -0.2) is 0 Å². The summed E-state index contributed by atoms with van der Waals surface area (Å²) in [6.45, 7) is 0.791. The number of rotatable bonds is 3. The molecular weight excluding hydrogens is 224 g/mol. The van der Waals surface area contributed by atoms with Crippen LogP contribution in [0.5, 0.6) is 5.75 Å². The van der Waals surface area contributed by atoms with Gasteiger partial charge in [0.05, 0.1) is 12.6 Å². The molecule has 1 aliphatic rings. The second-order valence-corrected chi connectivity index (χ2v) is 4.44. The van der Waals surface area contributed by atoms with Gasteiger partial charge in [-0.1, -0.05) is 18.2 Å². The molecule has 2 heterocycles. The summed E-state index contributed by atoms with van der Waals surface area (Å²) in [5.74, 6) is 1.05. The summed E-state index contributed by atoms with van der Waals surface area (Å²) in [6.07, 6.45) is 4.66. The van der Waals surface area contributed by atoms with Gasteiger partial charge in [0.2, 0.25) is 0 Å². The van der Waals surface area contributed by atoms with E-state index in [4.69, 9.17) is 4.74 Å². The minimum Gasteiger partial charge on any atom is -0.493 e. The van der Waals surface area contributed by atoms with Gasteiger partial charge in [0.1, 0.15) is 5.75 Å². The molecule has 1 aliphatic heterocycles. The Balaban J connectivity index is 2.05. The lowest BCUT2D eigenvalue weighted by Gasteiger charge is -2.19. The molecule has 1 aromatic carbocycles. The largest absolute Gasteiger partial charge is 0.493 e. The summed E-state index contributed by atoms with van der Waals surface area (Å²) in [5, 5.41) is 3.36. The quantitative estimate of drug-likeness (QED) is 0.894. The fourth-order valence-corrected chi connectivity index (χ4v) is 2.53. The van der Waals surface area contributed by atoms with Crippen LogP contribution in [0, 0.1) is 0 Å². The van der Waals surface area contributed by atoms with Crippen molar-refractivity contribution < 1.29 is 4.74 Å². The maximum absolute atomic E-state index is 5.78. The van der Waals surface area contributed by atoms with E-state index < -0.39 is 0 Å². The van der Waals surface area contributed by atoms with E-state index >= 15 is 0 Å². The average molecular weight is 240 g/mol. The van der Waals surface area contributed by atoms with Crippen molar-refractivity contribution in [2.75, 3.05) is 13.7 Å². The van der Waals surface area contributed by atoms with Crippen LogP contribution in [0.15, 0.2) is 42.7 Å². The van der Waals surface area contributed by atoms with Crippen molar-refractivity contribution in [3.8, 4) is 5.75 Å². The smallest absolute Gasteiger partial charge is 0.127 e. The zero-order chi connectivity index (χ0) is 12.4. The molecule has 2 aromatic rings. The van der Waals surface area contributed by atoms with Crippen molar-refractivity contribution in [2.24, 2.45) is 0 Å². The Hall–Kier alpha value is -1.87. The molecule has 1 unspecified atom stereocenters. The average Bonchev–Trinajstić information content (AvgIpc) is 2.90. The van der Waals surface area contributed by atoms with Crippen LogP contribution in [0.3, 0.4) is 0 Å². The first-order valence-corrected chi connectivity index (χ1v) is 6.22. The fourth-order valence-electron chi connectivity index (χ4n) is 2.53. The second-order valence-electron chi connectivity index (χ2n) is 4.44. The van der Waals surface area contributed by atoms with E-state index in [1.54, 1.807) is 0 Å². The minimum atomic E-state index is 0.154. The summed E-state index contributed by atoms with van der Waals surface area (Å²) >= 11 is 0. The number of para-hydroxylation sites is 1. The normalized spacial score (nSPS) is 14.9. The molecule has 0 spiro atoms. The Morgan fingerprint density at radius 3 is 2.83 bits per heavy atom. The Morgan fingerprint density at radius 1 is 1.22 bits per heavy atom. The third-order valence-electron chi connectivity index (χ3n) is 3.38. The number of fused-ring (bicyclic) bond motifs is 1. The van der Waals surface area contributed by atoms with Gasteiger partial charge >= 0.3 is 0 Å². The second kappa shape index (κ2) is 4.78. The summed E-state index contributed by atoms with van der Waals surface area (Å²) < 4.78 is 5.78. The van der Waals surface area contributed by atoms with Crippen LogP contribution >= 0.6 is 0 Å². The van der Waals surface area contributed by atoms with Crippen LogP contribution < -0.4 is 10.1 Å². The third kappa shape index (κ3) is 1.87. The lowest BCUT2D eigenvalue weighted by atomic mass is 9.97. The van der Waals surface area contributed by atoms with Crippen LogP contribution in [0.4, 0.5) is 0 Å². The summed E-state index contributed by atoms with van der Waals surface area (Å²) in [7, 11) is 1.97. The van der Waals surface area contributed by atoms with E-state index in [9.17, 15) is 0 Å². The van der Waals surface area contributed by atoms with Gasteiger partial charge in [-0.2, -0.15) is 0 Å². The van der Waals surface area contributed by atoms with Crippen molar-refractivity contribution in [3.63, 3.8) is 0 Å². The van der Waals surface area contributed by atoms with Crippen LogP contribution in [0.25, 0.3) is 0 Å². The number of benzene rings is 1. The maximum atomic E-state index is 5.78. The van der Waals surface area contributed by atoms with Gasteiger partial charge in [0.15, 0.2) is 0 Å². The van der Waals surface area contributed by atoms with Crippen molar-refractivity contribution in [2.45, 2.75) is 12.5 Å². The molecule has 3 rings (SSSR count). The van der Waals surface area contributed by atoms with Gasteiger partial charge in [0.25, 0.3) is 0 Å². The molecule has 0 bridgehead atoms. The highest BCUT2D eigenvalue weighted by Gasteiger charge is 2.22. The van der Waals surface area contributed by atoms with E-state index in [0.29, 0.717) is 0 Å². The van der Waals surface area contributed by atoms with Crippen molar-refractivity contribution in [1.82, 2.24) is 10.3 Å². The molecular formula is C15H16N2O. The third-order valence-corrected chi connectivity index (χ3v) is 3.38. The van der Waals surface area contributed by atoms with Crippen LogP contribution in [-0.2, 0) is 6.42 Å². The van der Waals surface area contributed by atoms with E-state index in [0.717, 1.165) is 18.8 Å². The number of pyridine rings is 1. The molecule has 0 saturated carbocycles. The van der Waals surface area contributed by atoms with E-state index in [1.165, 1.54) is 16.7 Å². The first-order chi connectivity index (χ1) is 8.90. The zero-order valence-corrected chi connectivity index (χ0v) is 10.4. The van der Waals surface area contributed by atoms with Gasteiger partial charge in [-0.15, -0.1) is 0 Å². The molecule has 0 fully saturated rings. The summed E-state index contributed by atoms with van der Waals surface area (Å²) in [5.41, 5.74) is 3.72. The summed E-state index contributed by atoms with van der Waals surface area (Å²) in [6, 6.07) is 10.6. The van der Waals surface area contributed by atoms with Crippen molar-refractivity contribution in [1.29, 1.82) is 0 Å². The molecule has 92 valence electrons. The Bertz CT molecular complexity index is 539. The molecule has 0 saturated heterocycles. The Morgan fingerprint density at radius 2 is 2.06 bits per heavy atom. The number of nitrogens with zero attached hydrogens (tertiary/aromatic N) is 1. The number of hydrogen-bond donors (Lipinski definition) is 1. The molecule has 0 amide bonds. The Kier molecular flexibility index (Phi) is 2.99. The molecule has 18 heavy (non-hydrogen) atoms. The van der Waals surface area contributed by atoms with Crippen LogP contribution in [0.1, 0.15) is 22.7 Å². The van der Waals surface area contributed by atoms with E-state index in [2.05, 4.69) is 28.5 Å². The lowest BCUT2D eigenvalue weighted by Crippen LogP contribution is -2.18. The standard InChI is InChI=1S/C15H16N2O/c1-16-14(11-5-8-17-9-6-11)13-4-2-3-12-7-10-18-15(12)13/h2-6,8-9,14,16H,7,10H2,1H3. The number of ether oxygens (including phenoxy) is 1. The highest BCUT2D eigenvalue weighted by Crippen LogP contribution is 2.35. The fraction of sp³-hybridized carbons (Fsp3) is 0.267. The number of hydrogen-bond acceptors (Lipinski definition) is 3. The first-order valence-electron chi connectivity index (χ1n) is 6.22. The molecule has 1 aromatic heterocycles. The van der Waals surface area contributed by atoms with Crippen LogP contribution in [0.2, 0.25) is 0 Å². The lowest BCUT2D eigenvalue weighted by molar-refractivity contribution is 0.351.